The van der Waals surface area contributed by atoms with Gasteiger partial charge in [-0.3, -0.25) is 4.79 Å². The van der Waals surface area contributed by atoms with Crippen LogP contribution >= 0.6 is 11.3 Å². The van der Waals surface area contributed by atoms with E-state index in [2.05, 4.69) is 10.0 Å². The fourth-order valence-electron chi connectivity index (χ4n) is 2.50. The van der Waals surface area contributed by atoms with Crippen LogP contribution in [0.5, 0.6) is 0 Å². The molecule has 1 amide bonds. The molecule has 1 fully saturated rings. The van der Waals surface area contributed by atoms with Crippen LogP contribution in [-0.4, -0.2) is 26.4 Å². The molecule has 0 spiro atoms. The van der Waals surface area contributed by atoms with E-state index in [0.29, 0.717) is 0 Å². The second-order valence-electron chi connectivity index (χ2n) is 5.77. The third-order valence-electron chi connectivity index (χ3n) is 3.69. The van der Waals surface area contributed by atoms with Crippen LogP contribution in [-0.2, 0) is 14.8 Å². The highest BCUT2D eigenvalue weighted by Crippen LogP contribution is 2.20. The second kappa shape index (κ2) is 6.89. The standard InChI is InChI=1S/C14H22N2O3S2/c1-10(2)13(14(17)15-11-6-3-4-7-11)16-21(18,19)12-8-5-9-20-12/h5,8-11,13,16H,3-4,6-7H2,1-2H3,(H,15,17). The number of hydrogen-bond donors (Lipinski definition) is 2. The van der Waals surface area contributed by atoms with E-state index in [-0.39, 0.29) is 22.1 Å². The first-order valence-electron chi connectivity index (χ1n) is 7.26. The van der Waals surface area contributed by atoms with Crippen molar-refractivity contribution in [3.8, 4) is 0 Å². The molecule has 0 aromatic carbocycles. The molecule has 1 saturated carbocycles. The molecule has 1 aliphatic rings. The van der Waals surface area contributed by atoms with Crippen molar-refractivity contribution in [2.75, 3.05) is 0 Å². The summed E-state index contributed by atoms with van der Waals surface area (Å²) in [6, 6.07) is 2.67. The smallest absolute Gasteiger partial charge is 0.250 e. The molecule has 5 nitrogen and oxygen atoms in total. The summed E-state index contributed by atoms with van der Waals surface area (Å²) < 4.78 is 27.3. The lowest BCUT2D eigenvalue weighted by atomic mass is 10.0. The Morgan fingerprint density at radius 3 is 2.52 bits per heavy atom. The quantitative estimate of drug-likeness (QED) is 0.839. The topological polar surface area (TPSA) is 75.3 Å². The lowest BCUT2D eigenvalue weighted by Crippen LogP contribution is -2.51. The van der Waals surface area contributed by atoms with Gasteiger partial charge < -0.3 is 5.32 Å². The van der Waals surface area contributed by atoms with E-state index < -0.39 is 16.1 Å². The van der Waals surface area contributed by atoms with Gasteiger partial charge >= 0.3 is 0 Å². The van der Waals surface area contributed by atoms with Crippen molar-refractivity contribution >= 4 is 27.3 Å². The normalized spacial score (nSPS) is 18.0. The molecule has 7 heteroatoms. The monoisotopic (exact) mass is 330 g/mol. The van der Waals surface area contributed by atoms with Crippen LogP contribution in [0, 0.1) is 5.92 Å². The van der Waals surface area contributed by atoms with Gasteiger partial charge in [0.25, 0.3) is 10.0 Å². The maximum absolute atomic E-state index is 12.4. The van der Waals surface area contributed by atoms with E-state index in [1.807, 2.05) is 13.8 Å². The summed E-state index contributed by atoms with van der Waals surface area (Å²) in [7, 11) is -3.63. The van der Waals surface area contributed by atoms with E-state index >= 15 is 0 Å². The van der Waals surface area contributed by atoms with E-state index in [9.17, 15) is 13.2 Å². The van der Waals surface area contributed by atoms with Crippen molar-refractivity contribution < 1.29 is 13.2 Å². The van der Waals surface area contributed by atoms with Crippen molar-refractivity contribution in [2.45, 2.75) is 55.8 Å². The van der Waals surface area contributed by atoms with Crippen molar-refractivity contribution in [1.82, 2.24) is 10.0 Å². The highest BCUT2D eigenvalue weighted by atomic mass is 32.2. The van der Waals surface area contributed by atoms with Crippen LogP contribution < -0.4 is 10.0 Å². The van der Waals surface area contributed by atoms with Gasteiger partial charge in [-0.1, -0.05) is 32.8 Å². The summed E-state index contributed by atoms with van der Waals surface area (Å²) in [6.07, 6.45) is 4.21. The third-order valence-corrected chi connectivity index (χ3v) is 6.53. The van der Waals surface area contributed by atoms with Gasteiger partial charge in [0.1, 0.15) is 10.3 Å². The van der Waals surface area contributed by atoms with Gasteiger partial charge in [-0.15, -0.1) is 11.3 Å². The van der Waals surface area contributed by atoms with Gasteiger partial charge in [0.05, 0.1) is 0 Å². The Morgan fingerprint density at radius 1 is 1.33 bits per heavy atom. The average Bonchev–Trinajstić information content (AvgIpc) is 3.08. The van der Waals surface area contributed by atoms with Crippen LogP contribution in [0.25, 0.3) is 0 Å². The largest absolute Gasteiger partial charge is 0.352 e. The zero-order chi connectivity index (χ0) is 15.5. The molecule has 0 aliphatic heterocycles. The maximum Gasteiger partial charge on any atom is 0.250 e. The van der Waals surface area contributed by atoms with Crippen LogP contribution in [0.15, 0.2) is 21.7 Å². The molecule has 1 heterocycles. The minimum Gasteiger partial charge on any atom is -0.352 e. The van der Waals surface area contributed by atoms with Gasteiger partial charge in [-0.25, -0.2) is 8.42 Å². The van der Waals surface area contributed by atoms with Gasteiger partial charge in [-0.05, 0) is 30.2 Å². The predicted octanol–water partition coefficient (Wildman–Crippen LogP) is 2.11. The SMILES string of the molecule is CC(C)C(NS(=O)(=O)c1cccs1)C(=O)NC1CCCC1. The van der Waals surface area contributed by atoms with Gasteiger partial charge in [-0.2, -0.15) is 4.72 Å². The average molecular weight is 330 g/mol. The zero-order valence-electron chi connectivity index (χ0n) is 12.3. The number of sulfonamides is 1. The molecule has 0 saturated heterocycles. The van der Waals surface area contributed by atoms with Crippen molar-refractivity contribution in [2.24, 2.45) is 5.92 Å². The van der Waals surface area contributed by atoms with Crippen LogP contribution in [0.4, 0.5) is 0 Å². The molecule has 1 aromatic rings. The molecule has 21 heavy (non-hydrogen) atoms. The molecule has 1 unspecified atom stereocenters. The number of carbonyl (C=O) groups is 1. The number of amides is 1. The van der Waals surface area contributed by atoms with E-state index in [4.69, 9.17) is 0 Å². The molecule has 0 bridgehead atoms. The lowest BCUT2D eigenvalue weighted by Gasteiger charge is -2.23. The van der Waals surface area contributed by atoms with E-state index in [1.165, 1.54) is 0 Å². The summed E-state index contributed by atoms with van der Waals surface area (Å²) in [4.78, 5) is 12.4. The fourth-order valence-corrected chi connectivity index (χ4v) is 4.85. The van der Waals surface area contributed by atoms with Crippen LogP contribution in [0.3, 0.4) is 0 Å². The van der Waals surface area contributed by atoms with E-state index in [1.54, 1.807) is 17.5 Å². The minimum absolute atomic E-state index is 0.110. The third kappa shape index (κ3) is 4.28. The summed E-state index contributed by atoms with van der Waals surface area (Å²) in [5.74, 6) is -0.335. The summed E-state index contributed by atoms with van der Waals surface area (Å²) >= 11 is 1.15. The zero-order valence-corrected chi connectivity index (χ0v) is 14.0. The van der Waals surface area contributed by atoms with Gasteiger partial charge in [0, 0.05) is 6.04 Å². The maximum atomic E-state index is 12.4. The molecule has 1 aliphatic carbocycles. The number of hydrogen-bond acceptors (Lipinski definition) is 4. The first-order chi connectivity index (χ1) is 9.90. The van der Waals surface area contributed by atoms with Crippen molar-refractivity contribution in [3.05, 3.63) is 17.5 Å². The van der Waals surface area contributed by atoms with E-state index in [0.717, 1.165) is 37.0 Å². The summed E-state index contributed by atoms with van der Waals surface area (Å²) in [5, 5.41) is 4.67. The Balaban J connectivity index is 2.06. The lowest BCUT2D eigenvalue weighted by molar-refractivity contribution is -0.124. The Labute approximate surface area is 130 Å². The Hall–Kier alpha value is -0.920. The molecule has 2 N–H and O–H groups in total. The summed E-state index contributed by atoms with van der Waals surface area (Å²) in [6.45, 7) is 3.69. The Kier molecular flexibility index (Phi) is 5.40. The Morgan fingerprint density at radius 2 is 2.00 bits per heavy atom. The summed E-state index contributed by atoms with van der Waals surface area (Å²) in [5.41, 5.74) is 0. The fraction of sp³-hybridized carbons (Fsp3) is 0.643. The number of carbonyl (C=O) groups excluding carboxylic acids is 1. The first-order valence-corrected chi connectivity index (χ1v) is 9.62. The highest BCUT2D eigenvalue weighted by Gasteiger charge is 2.30. The predicted molar refractivity (Wildman–Crippen MR) is 83.7 cm³/mol. The van der Waals surface area contributed by atoms with Crippen LogP contribution in [0.1, 0.15) is 39.5 Å². The molecular weight excluding hydrogens is 308 g/mol. The molecule has 2 rings (SSSR count). The molecule has 1 aromatic heterocycles. The Bertz CT molecular complexity index is 561. The number of nitrogens with one attached hydrogen (secondary N) is 2. The number of rotatable bonds is 6. The van der Waals surface area contributed by atoms with Crippen LogP contribution in [0.2, 0.25) is 0 Å². The second-order valence-corrected chi connectivity index (χ2v) is 8.65. The van der Waals surface area contributed by atoms with Crippen molar-refractivity contribution in [1.29, 1.82) is 0 Å². The first kappa shape index (κ1) is 16.5. The molecular formula is C14H22N2O3S2. The number of thiophene rings is 1. The van der Waals surface area contributed by atoms with Gasteiger partial charge in [0.15, 0.2) is 0 Å². The van der Waals surface area contributed by atoms with Gasteiger partial charge in [0.2, 0.25) is 5.91 Å². The highest BCUT2D eigenvalue weighted by molar-refractivity contribution is 7.91. The van der Waals surface area contributed by atoms with Crippen molar-refractivity contribution in [3.63, 3.8) is 0 Å². The molecule has 118 valence electrons. The molecule has 1 atom stereocenters. The minimum atomic E-state index is -3.63. The molecule has 0 radical (unpaired) electrons.